The third kappa shape index (κ3) is 4.07. The van der Waals surface area contributed by atoms with E-state index >= 15 is 0 Å². The van der Waals surface area contributed by atoms with Crippen molar-refractivity contribution in [3.05, 3.63) is 54.1 Å². The molecule has 4 nitrogen and oxygen atoms in total. The van der Waals surface area contributed by atoms with E-state index in [2.05, 4.69) is 6.07 Å². The van der Waals surface area contributed by atoms with Crippen molar-refractivity contribution >= 4 is 10.8 Å². The molecule has 0 N–H and O–H groups in total. The van der Waals surface area contributed by atoms with Crippen LogP contribution >= 0.6 is 0 Å². The van der Waals surface area contributed by atoms with Crippen LogP contribution < -0.4 is 9.47 Å². The van der Waals surface area contributed by atoms with Crippen molar-refractivity contribution in [2.45, 2.75) is 4.90 Å². The lowest BCUT2D eigenvalue weighted by Gasteiger charge is -2.09. The average Bonchev–Trinajstić information content (AvgIpc) is 2.55. The van der Waals surface area contributed by atoms with Crippen molar-refractivity contribution in [1.29, 1.82) is 5.26 Å². The SMILES string of the molecule is COc1ccccc1S(=O)CCOc1cccc(C#N)c1. The molecule has 0 aliphatic rings. The van der Waals surface area contributed by atoms with E-state index in [1.54, 1.807) is 43.5 Å². The Morgan fingerprint density at radius 2 is 2.00 bits per heavy atom. The third-order valence-electron chi connectivity index (χ3n) is 2.81. The molecule has 0 fully saturated rings. The Balaban J connectivity index is 1.94. The highest BCUT2D eigenvalue weighted by Crippen LogP contribution is 2.21. The Labute approximate surface area is 126 Å². The van der Waals surface area contributed by atoms with Crippen molar-refractivity contribution in [1.82, 2.24) is 0 Å². The molecule has 1 unspecified atom stereocenters. The van der Waals surface area contributed by atoms with Crippen LogP contribution in [0, 0.1) is 11.3 Å². The van der Waals surface area contributed by atoms with Gasteiger partial charge in [-0.3, -0.25) is 4.21 Å². The van der Waals surface area contributed by atoms with Gasteiger partial charge in [0.25, 0.3) is 0 Å². The first kappa shape index (κ1) is 15.1. The summed E-state index contributed by atoms with van der Waals surface area (Å²) >= 11 is 0. The number of para-hydroxylation sites is 1. The molecule has 2 aromatic rings. The number of rotatable bonds is 6. The lowest BCUT2D eigenvalue weighted by Crippen LogP contribution is -2.09. The minimum atomic E-state index is -1.19. The van der Waals surface area contributed by atoms with Crippen LogP contribution in [0.3, 0.4) is 0 Å². The number of benzene rings is 2. The number of hydrogen-bond acceptors (Lipinski definition) is 4. The molecule has 5 heteroatoms. The number of ether oxygens (including phenoxy) is 2. The quantitative estimate of drug-likeness (QED) is 0.823. The van der Waals surface area contributed by atoms with Gasteiger partial charge < -0.3 is 9.47 Å². The summed E-state index contributed by atoms with van der Waals surface area (Å²) in [4.78, 5) is 0.661. The van der Waals surface area contributed by atoms with E-state index in [1.165, 1.54) is 0 Å². The zero-order valence-electron chi connectivity index (χ0n) is 11.6. The first-order valence-corrected chi connectivity index (χ1v) is 7.71. The Hall–Kier alpha value is -2.32. The topological polar surface area (TPSA) is 59.3 Å². The molecule has 0 bridgehead atoms. The molecular formula is C16H15NO3S. The Kier molecular flexibility index (Phi) is 5.35. The average molecular weight is 301 g/mol. The monoisotopic (exact) mass is 301 g/mol. The summed E-state index contributed by atoms with van der Waals surface area (Å²) in [5.74, 6) is 1.57. The van der Waals surface area contributed by atoms with E-state index in [9.17, 15) is 4.21 Å². The normalized spacial score (nSPS) is 11.4. The molecule has 0 aliphatic heterocycles. The van der Waals surface area contributed by atoms with Crippen LogP contribution in [0.25, 0.3) is 0 Å². The largest absolute Gasteiger partial charge is 0.495 e. The summed E-state index contributed by atoms with van der Waals surface area (Å²) in [5.41, 5.74) is 0.540. The highest BCUT2D eigenvalue weighted by Gasteiger charge is 2.10. The maximum absolute atomic E-state index is 12.2. The fourth-order valence-electron chi connectivity index (χ4n) is 1.81. The first-order chi connectivity index (χ1) is 10.2. The van der Waals surface area contributed by atoms with Crippen LogP contribution in [-0.4, -0.2) is 23.7 Å². The van der Waals surface area contributed by atoms with Gasteiger partial charge in [-0.15, -0.1) is 0 Å². The summed E-state index contributed by atoms with van der Waals surface area (Å²) in [6.07, 6.45) is 0. The summed E-state index contributed by atoms with van der Waals surface area (Å²) < 4.78 is 23.0. The predicted octanol–water partition coefficient (Wildman–Crippen LogP) is 2.75. The lowest BCUT2D eigenvalue weighted by molar-refractivity contribution is 0.342. The molecule has 2 rings (SSSR count). The second kappa shape index (κ2) is 7.46. The number of hydrogen-bond donors (Lipinski definition) is 0. The standard InChI is InChI=1S/C16H15NO3S/c1-19-15-7-2-3-8-16(15)21(18)10-9-20-14-6-4-5-13(11-14)12-17/h2-8,11H,9-10H2,1H3. The molecule has 0 aromatic heterocycles. The van der Waals surface area contributed by atoms with E-state index in [4.69, 9.17) is 14.7 Å². The minimum Gasteiger partial charge on any atom is -0.495 e. The van der Waals surface area contributed by atoms with Crippen molar-refractivity contribution < 1.29 is 13.7 Å². The van der Waals surface area contributed by atoms with Gasteiger partial charge >= 0.3 is 0 Å². The van der Waals surface area contributed by atoms with Crippen LogP contribution in [-0.2, 0) is 10.8 Å². The van der Waals surface area contributed by atoms with Crippen molar-refractivity contribution in [3.63, 3.8) is 0 Å². The van der Waals surface area contributed by atoms with E-state index < -0.39 is 10.8 Å². The van der Waals surface area contributed by atoms with E-state index in [0.29, 0.717) is 34.3 Å². The van der Waals surface area contributed by atoms with E-state index in [-0.39, 0.29) is 0 Å². The number of methoxy groups -OCH3 is 1. The molecule has 1 atom stereocenters. The van der Waals surface area contributed by atoms with Crippen LogP contribution in [0.2, 0.25) is 0 Å². The van der Waals surface area contributed by atoms with Crippen molar-refractivity contribution in [2.24, 2.45) is 0 Å². The fraction of sp³-hybridized carbons (Fsp3) is 0.188. The molecule has 0 radical (unpaired) electrons. The molecule has 2 aromatic carbocycles. The Morgan fingerprint density at radius 3 is 2.76 bits per heavy atom. The van der Waals surface area contributed by atoms with Crippen molar-refractivity contribution in [2.75, 3.05) is 19.5 Å². The van der Waals surface area contributed by atoms with Gasteiger partial charge in [-0.25, -0.2) is 0 Å². The van der Waals surface area contributed by atoms with Gasteiger partial charge in [-0.2, -0.15) is 5.26 Å². The molecule has 0 heterocycles. The molecular weight excluding hydrogens is 286 g/mol. The lowest BCUT2D eigenvalue weighted by atomic mass is 10.2. The second-order valence-electron chi connectivity index (χ2n) is 4.19. The zero-order chi connectivity index (χ0) is 15.1. The Morgan fingerprint density at radius 1 is 1.19 bits per heavy atom. The zero-order valence-corrected chi connectivity index (χ0v) is 12.4. The van der Waals surface area contributed by atoms with Gasteiger partial charge in [0, 0.05) is 0 Å². The van der Waals surface area contributed by atoms with Crippen LogP contribution in [0.1, 0.15) is 5.56 Å². The summed E-state index contributed by atoms with van der Waals surface area (Å²) in [6.45, 7) is 0.305. The van der Waals surface area contributed by atoms with E-state index in [1.807, 2.05) is 12.1 Å². The van der Waals surface area contributed by atoms with Gasteiger partial charge in [0.2, 0.25) is 0 Å². The number of nitrogens with zero attached hydrogens (tertiary/aromatic N) is 1. The van der Waals surface area contributed by atoms with Gasteiger partial charge in [-0.1, -0.05) is 18.2 Å². The summed E-state index contributed by atoms with van der Waals surface area (Å²) in [6, 6.07) is 16.2. The molecule has 21 heavy (non-hydrogen) atoms. The smallest absolute Gasteiger partial charge is 0.134 e. The summed E-state index contributed by atoms with van der Waals surface area (Å²) in [5, 5.41) is 8.81. The molecule has 108 valence electrons. The molecule has 0 saturated carbocycles. The third-order valence-corrected chi connectivity index (χ3v) is 4.18. The predicted molar refractivity (Wildman–Crippen MR) is 80.9 cm³/mol. The van der Waals surface area contributed by atoms with Gasteiger partial charge in [0.05, 0.1) is 40.2 Å². The fourth-order valence-corrected chi connectivity index (χ4v) is 2.87. The highest BCUT2D eigenvalue weighted by molar-refractivity contribution is 7.85. The van der Waals surface area contributed by atoms with Crippen LogP contribution in [0.5, 0.6) is 11.5 Å². The summed E-state index contributed by atoms with van der Waals surface area (Å²) in [7, 11) is 0.365. The first-order valence-electron chi connectivity index (χ1n) is 6.39. The maximum Gasteiger partial charge on any atom is 0.134 e. The molecule has 0 amide bonds. The molecule has 0 aliphatic carbocycles. The van der Waals surface area contributed by atoms with Gasteiger partial charge in [0.1, 0.15) is 18.1 Å². The number of nitriles is 1. The van der Waals surface area contributed by atoms with Crippen LogP contribution in [0.15, 0.2) is 53.4 Å². The van der Waals surface area contributed by atoms with Crippen molar-refractivity contribution in [3.8, 4) is 17.6 Å². The van der Waals surface area contributed by atoms with E-state index in [0.717, 1.165) is 0 Å². The minimum absolute atomic E-state index is 0.305. The second-order valence-corrected chi connectivity index (χ2v) is 5.73. The highest BCUT2D eigenvalue weighted by atomic mass is 32.2. The molecule has 0 saturated heterocycles. The van der Waals surface area contributed by atoms with Gasteiger partial charge in [-0.05, 0) is 30.3 Å². The maximum atomic E-state index is 12.2. The van der Waals surface area contributed by atoms with Gasteiger partial charge in [0.15, 0.2) is 0 Å². The molecule has 0 spiro atoms. The van der Waals surface area contributed by atoms with Crippen LogP contribution in [0.4, 0.5) is 0 Å². The Bertz CT molecular complexity index is 679.